The van der Waals surface area contributed by atoms with Gasteiger partial charge in [-0.25, -0.2) is 0 Å². The van der Waals surface area contributed by atoms with Crippen molar-refractivity contribution in [2.75, 3.05) is 13.1 Å². The van der Waals surface area contributed by atoms with Gasteiger partial charge in [0.15, 0.2) is 0 Å². The number of nitrogens with one attached hydrogen (secondary N) is 1. The van der Waals surface area contributed by atoms with Crippen molar-refractivity contribution in [3.63, 3.8) is 0 Å². The third kappa shape index (κ3) is 5.75. The topological polar surface area (TPSA) is 44.7 Å². The lowest BCUT2D eigenvalue weighted by molar-refractivity contribution is 0.0903. The van der Waals surface area contributed by atoms with Crippen LogP contribution in [0.3, 0.4) is 0 Å². The molecule has 1 saturated carbocycles. The maximum absolute atomic E-state index is 13.0. The van der Waals surface area contributed by atoms with Gasteiger partial charge in [-0.15, -0.1) is 0 Å². The number of carbonyl (C=O) groups is 1. The number of carbonyl (C=O) groups excluding carboxylic acids is 1. The van der Waals surface area contributed by atoms with Crippen LogP contribution in [0.5, 0.6) is 0 Å². The molecule has 5 heteroatoms. The van der Waals surface area contributed by atoms with E-state index in [1.807, 2.05) is 18.2 Å². The molecule has 34 heavy (non-hydrogen) atoms. The molecule has 1 atom stereocenters. The monoisotopic (exact) mass is 477 g/mol. The molecule has 2 aromatic rings. The van der Waals surface area contributed by atoms with Gasteiger partial charge < -0.3 is 5.32 Å². The number of rotatable bonds is 8. The molecule has 4 nitrogen and oxygen atoms in total. The minimum absolute atomic E-state index is 0.00796. The van der Waals surface area contributed by atoms with E-state index in [9.17, 15) is 4.79 Å². The normalized spacial score (nSPS) is 16.9. The van der Waals surface area contributed by atoms with Crippen LogP contribution in [0.1, 0.15) is 87.2 Å². The Bertz CT molecular complexity index is 1040. The molecule has 0 radical (unpaired) electrons. The van der Waals surface area contributed by atoms with E-state index in [4.69, 9.17) is 4.99 Å². The fourth-order valence-electron chi connectivity index (χ4n) is 5.19. The SMILES string of the molecule is CCC1=Nc2cc(C(=O)NCCN(C3CCCCC3)[C@H](C)CC)ccc2Sc2ccc(C)cc21. The van der Waals surface area contributed by atoms with E-state index in [0.29, 0.717) is 24.2 Å². The first kappa shape index (κ1) is 25.0. The molecule has 1 heterocycles. The highest BCUT2D eigenvalue weighted by Gasteiger charge is 2.24. The molecule has 1 N–H and O–H groups in total. The Labute approximate surface area is 209 Å². The molecule has 0 spiro atoms. The predicted molar refractivity (Wildman–Crippen MR) is 144 cm³/mol. The molecule has 182 valence electrons. The molecular weight excluding hydrogens is 438 g/mol. The highest BCUT2D eigenvalue weighted by Crippen LogP contribution is 2.41. The molecule has 0 unspecified atom stereocenters. The molecular formula is C29H39N3OS. The Morgan fingerprint density at radius 3 is 2.62 bits per heavy atom. The second-order valence-corrected chi connectivity index (χ2v) is 10.8. The maximum atomic E-state index is 13.0. The first-order valence-corrected chi connectivity index (χ1v) is 13.9. The smallest absolute Gasteiger partial charge is 0.251 e. The summed E-state index contributed by atoms with van der Waals surface area (Å²) in [5.74, 6) is -0.00796. The molecule has 0 saturated heterocycles. The average Bonchev–Trinajstić information content (AvgIpc) is 3.02. The van der Waals surface area contributed by atoms with E-state index in [-0.39, 0.29) is 5.91 Å². The van der Waals surface area contributed by atoms with E-state index in [0.717, 1.165) is 35.7 Å². The molecule has 0 aromatic heterocycles. The summed E-state index contributed by atoms with van der Waals surface area (Å²) in [7, 11) is 0. The Balaban J connectivity index is 1.45. The molecule has 4 rings (SSSR count). The third-order valence-corrected chi connectivity index (χ3v) is 8.47. The van der Waals surface area contributed by atoms with Crippen LogP contribution >= 0.6 is 11.8 Å². The summed E-state index contributed by atoms with van der Waals surface area (Å²) in [6.07, 6.45) is 8.62. The van der Waals surface area contributed by atoms with Gasteiger partial charge in [0.25, 0.3) is 5.91 Å². The van der Waals surface area contributed by atoms with Crippen molar-refractivity contribution in [2.45, 2.75) is 94.5 Å². The van der Waals surface area contributed by atoms with Crippen molar-refractivity contribution in [2.24, 2.45) is 4.99 Å². The summed E-state index contributed by atoms with van der Waals surface area (Å²) in [5, 5.41) is 3.18. The summed E-state index contributed by atoms with van der Waals surface area (Å²) in [6, 6.07) is 13.7. The fourth-order valence-corrected chi connectivity index (χ4v) is 6.20. The lowest BCUT2D eigenvalue weighted by atomic mass is 9.93. The van der Waals surface area contributed by atoms with E-state index < -0.39 is 0 Å². The maximum Gasteiger partial charge on any atom is 0.251 e. The molecule has 1 fully saturated rings. The van der Waals surface area contributed by atoms with Crippen LogP contribution in [0, 0.1) is 6.92 Å². The van der Waals surface area contributed by atoms with Gasteiger partial charge in [0.05, 0.1) is 5.69 Å². The van der Waals surface area contributed by atoms with Crippen LogP contribution < -0.4 is 5.32 Å². The quantitative estimate of drug-likeness (QED) is 0.439. The Morgan fingerprint density at radius 2 is 1.88 bits per heavy atom. The largest absolute Gasteiger partial charge is 0.351 e. The zero-order valence-corrected chi connectivity index (χ0v) is 22.0. The van der Waals surface area contributed by atoms with Crippen molar-refractivity contribution in [1.82, 2.24) is 10.2 Å². The Hall–Kier alpha value is -2.11. The molecule has 1 amide bonds. The number of aliphatic imine (C=N–C) groups is 1. The zero-order valence-electron chi connectivity index (χ0n) is 21.2. The van der Waals surface area contributed by atoms with Crippen molar-refractivity contribution in [1.29, 1.82) is 0 Å². The highest BCUT2D eigenvalue weighted by molar-refractivity contribution is 7.99. The number of amides is 1. The first-order chi connectivity index (χ1) is 16.5. The Morgan fingerprint density at radius 1 is 1.12 bits per heavy atom. The van der Waals surface area contributed by atoms with Gasteiger partial charge in [-0.2, -0.15) is 0 Å². The molecule has 0 bridgehead atoms. The number of nitrogens with zero attached hydrogens (tertiary/aromatic N) is 2. The lowest BCUT2D eigenvalue weighted by Gasteiger charge is -2.38. The fraction of sp³-hybridized carbons (Fsp3) is 0.517. The highest BCUT2D eigenvalue weighted by atomic mass is 32.2. The lowest BCUT2D eigenvalue weighted by Crippen LogP contribution is -2.46. The molecule has 2 aromatic carbocycles. The van der Waals surface area contributed by atoms with Crippen LogP contribution in [0.2, 0.25) is 0 Å². The van der Waals surface area contributed by atoms with Crippen molar-refractivity contribution >= 4 is 29.1 Å². The van der Waals surface area contributed by atoms with Gasteiger partial charge in [0, 0.05) is 51.8 Å². The number of hydrogen-bond donors (Lipinski definition) is 1. The van der Waals surface area contributed by atoms with Crippen LogP contribution in [0.4, 0.5) is 5.69 Å². The van der Waals surface area contributed by atoms with Gasteiger partial charge in [-0.05, 0) is 69.9 Å². The summed E-state index contributed by atoms with van der Waals surface area (Å²) in [4.78, 5) is 23.0. The molecule has 1 aliphatic heterocycles. The van der Waals surface area contributed by atoms with Crippen molar-refractivity contribution in [3.8, 4) is 0 Å². The van der Waals surface area contributed by atoms with Crippen LogP contribution in [0.15, 0.2) is 51.2 Å². The summed E-state index contributed by atoms with van der Waals surface area (Å²) in [6.45, 7) is 10.4. The Kier molecular flexibility index (Phi) is 8.49. The molecule has 2 aliphatic rings. The summed E-state index contributed by atoms with van der Waals surface area (Å²) >= 11 is 1.74. The standard InChI is InChI=1S/C29H39N3OS/c1-5-21(4)32(23-10-8-7-9-11-23)17-16-30-29(33)22-13-15-28-26(19-22)31-25(6-2)24-18-20(3)12-14-27(24)34-28/h12-15,18-19,21,23H,5-11,16-17H2,1-4H3,(H,30,33)/t21-/m1/s1. The van der Waals surface area contributed by atoms with Crippen molar-refractivity contribution in [3.05, 3.63) is 53.1 Å². The van der Waals surface area contributed by atoms with Crippen molar-refractivity contribution < 1.29 is 4.79 Å². The number of fused-ring (bicyclic) bond motifs is 2. The summed E-state index contributed by atoms with van der Waals surface area (Å²) in [5.41, 5.74) is 5.12. The molecule has 1 aliphatic carbocycles. The van der Waals surface area contributed by atoms with Crippen LogP contribution in [-0.2, 0) is 0 Å². The van der Waals surface area contributed by atoms with Gasteiger partial charge in [0.1, 0.15) is 0 Å². The summed E-state index contributed by atoms with van der Waals surface area (Å²) < 4.78 is 0. The minimum atomic E-state index is -0.00796. The number of hydrogen-bond acceptors (Lipinski definition) is 4. The minimum Gasteiger partial charge on any atom is -0.351 e. The predicted octanol–water partition coefficient (Wildman–Crippen LogP) is 7.15. The average molecular weight is 478 g/mol. The number of benzene rings is 2. The zero-order chi connectivity index (χ0) is 24.1. The van der Waals surface area contributed by atoms with E-state index >= 15 is 0 Å². The van der Waals surface area contributed by atoms with E-state index in [2.05, 4.69) is 56.1 Å². The van der Waals surface area contributed by atoms with Gasteiger partial charge in [-0.1, -0.05) is 56.5 Å². The van der Waals surface area contributed by atoms with Crippen LogP contribution in [-0.4, -0.2) is 41.7 Å². The third-order valence-electron chi connectivity index (χ3n) is 7.33. The first-order valence-electron chi connectivity index (χ1n) is 13.0. The van der Waals surface area contributed by atoms with Crippen LogP contribution in [0.25, 0.3) is 0 Å². The second kappa shape index (κ2) is 11.5. The number of aryl methyl sites for hydroxylation is 1. The van der Waals surface area contributed by atoms with Gasteiger partial charge in [0.2, 0.25) is 0 Å². The van der Waals surface area contributed by atoms with Gasteiger partial charge >= 0.3 is 0 Å². The van der Waals surface area contributed by atoms with E-state index in [1.54, 1.807) is 11.8 Å². The van der Waals surface area contributed by atoms with E-state index in [1.165, 1.54) is 48.1 Å². The van der Waals surface area contributed by atoms with Gasteiger partial charge in [-0.3, -0.25) is 14.7 Å². The second-order valence-electron chi connectivity index (χ2n) is 9.74.